The molecule has 0 aromatic carbocycles. The number of ether oxygens (including phenoxy) is 1. The highest BCUT2D eigenvalue weighted by molar-refractivity contribution is 5.14. The molecule has 2 heteroatoms. The number of aliphatic hydroxyl groups is 1. The number of aliphatic hydroxyl groups excluding tert-OH is 1. The smallest absolute Gasteiger partial charge is 0.118 e. The van der Waals surface area contributed by atoms with E-state index in [1.165, 1.54) is 5.57 Å². The van der Waals surface area contributed by atoms with Crippen molar-refractivity contribution in [1.29, 1.82) is 0 Å². The van der Waals surface area contributed by atoms with Gasteiger partial charge in [0, 0.05) is 0 Å². The quantitative estimate of drug-likeness (QED) is 0.475. The fraction of sp³-hybridized carbons (Fsp3) is 0.800. The lowest BCUT2D eigenvalue weighted by molar-refractivity contribution is 0.0641. The van der Waals surface area contributed by atoms with Crippen LogP contribution in [0.15, 0.2) is 12.2 Å². The van der Waals surface area contributed by atoms with Gasteiger partial charge in [-0.05, 0) is 32.6 Å². The molecule has 1 heterocycles. The van der Waals surface area contributed by atoms with Gasteiger partial charge in [-0.1, -0.05) is 12.2 Å². The van der Waals surface area contributed by atoms with Crippen LogP contribution in [0.4, 0.5) is 0 Å². The highest BCUT2D eigenvalue weighted by Crippen LogP contribution is 2.50. The van der Waals surface area contributed by atoms with Crippen LogP contribution in [0.2, 0.25) is 0 Å². The normalized spacial score (nSPS) is 51.4. The van der Waals surface area contributed by atoms with Gasteiger partial charge in [0.05, 0.1) is 12.2 Å². The molecule has 1 saturated carbocycles. The Morgan fingerprint density at radius 3 is 2.75 bits per heavy atom. The van der Waals surface area contributed by atoms with Gasteiger partial charge in [-0.2, -0.15) is 0 Å². The van der Waals surface area contributed by atoms with Gasteiger partial charge in [0.25, 0.3) is 0 Å². The van der Waals surface area contributed by atoms with Gasteiger partial charge in [-0.15, -0.1) is 0 Å². The second-order valence-electron chi connectivity index (χ2n) is 4.32. The number of epoxide rings is 1. The molecule has 1 N–H and O–H groups in total. The average Bonchev–Trinajstić information content (AvgIpc) is 2.62. The fourth-order valence-corrected chi connectivity index (χ4v) is 2.11. The Morgan fingerprint density at radius 2 is 2.25 bits per heavy atom. The maximum atomic E-state index is 9.73. The molecule has 0 aromatic heterocycles. The Bertz CT molecular complexity index is 224. The maximum absolute atomic E-state index is 9.73. The molecule has 2 rings (SSSR count). The Labute approximate surface area is 73.2 Å². The first-order chi connectivity index (χ1) is 5.54. The molecule has 2 fully saturated rings. The molecule has 1 aliphatic carbocycles. The molecule has 0 radical (unpaired) electrons. The summed E-state index contributed by atoms with van der Waals surface area (Å²) in [7, 11) is 0. The third-order valence-electron chi connectivity index (χ3n) is 3.34. The van der Waals surface area contributed by atoms with Gasteiger partial charge < -0.3 is 9.84 Å². The van der Waals surface area contributed by atoms with Crippen LogP contribution in [-0.2, 0) is 4.74 Å². The van der Waals surface area contributed by atoms with E-state index in [1.54, 1.807) is 0 Å². The standard InChI is InChI=1S/C10H16O2/c1-6(2)7-4-8(11)10(3)9(5-7)12-10/h7-9,11H,1,4-5H2,2-3H3/t7-,8-,9+,10+/m0/s1. The molecule has 68 valence electrons. The summed E-state index contributed by atoms with van der Waals surface area (Å²) in [4.78, 5) is 0. The molecule has 0 spiro atoms. The first-order valence-electron chi connectivity index (χ1n) is 4.55. The lowest BCUT2D eigenvalue weighted by atomic mass is 9.78. The van der Waals surface area contributed by atoms with E-state index in [0.29, 0.717) is 5.92 Å². The van der Waals surface area contributed by atoms with Crippen LogP contribution in [0.1, 0.15) is 26.7 Å². The number of fused-ring (bicyclic) bond motifs is 1. The van der Waals surface area contributed by atoms with E-state index >= 15 is 0 Å². The molecule has 2 aliphatic rings. The number of hydrogen-bond donors (Lipinski definition) is 1. The molecule has 0 aromatic rings. The predicted octanol–water partition coefficient (Wildman–Crippen LogP) is 1.49. The summed E-state index contributed by atoms with van der Waals surface area (Å²) >= 11 is 0. The van der Waals surface area contributed by atoms with E-state index < -0.39 is 0 Å². The summed E-state index contributed by atoms with van der Waals surface area (Å²) in [6.07, 6.45) is 1.85. The van der Waals surface area contributed by atoms with E-state index in [1.807, 2.05) is 13.8 Å². The molecule has 0 unspecified atom stereocenters. The largest absolute Gasteiger partial charge is 0.390 e. The van der Waals surface area contributed by atoms with Crippen LogP contribution >= 0.6 is 0 Å². The topological polar surface area (TPSA) is 32.8 Å². The third-order valence-corrected chi connectivity index (χ3v) is 3.34. The third kappa shape index (κ3) is 1.02. The zero-order chi connectivity index (χ0) is 8.93. The molecule has 2 nitrogen and oxygen atoms in total. The van der Waals surface area contributed by atoms with E-state index in [2.05, 4.69) is 6.58 Å². The second-order valence-corrected chi connectivity index (χ2v) is 4.32. The van der Waals surface area contributed by atoms with Crippen molar-refractivity contribution in [1.82, 2.24) is 0 Å². The highest BCUT2D eigenvalue weighted by atomic mass is 16.6. The summed E-state index contributed by atoms with van der Waals surface area (Å²) in [6, 6.07) is 0. The van der Waals surface area contributed by atoms with Gasteiger partial charge in [-0.3, -0.25) is 0 Å². The first-order valence-corrected chi connectivity index (χ1v) is 4.55. The van der Waals surface area contributed by atoms with Crippen molar-refractivity contribution in [3.8, 4) is 0 Å². The van der Waals surface area contributed by atoms with Crippen molar-refractivity contribution in [2.45, 2.75) is 44.5 Å². The summed E-state index contributed by atoms with van der Waals surface area (Å²) in [5.74, 6) is 0.459. The van der Waals surface area contributed by atoms with E-state index in [9.17, 15) is 5.11 Å². The van der Waals surface area contributed by atoms with Crippen molar-refractivity contribution < 1.29 is 9.84 Å². The van der Waals surface area contributed by atoms with Gasteiger partial charge in [-0.25, -0.2) is 0 Å². The van der Waals surface area contributed by atoms with Crippen LogP contribution in [0.3, 0.4) is 0 Å². The minimum atomic E-state index is -0.294. The number of rotatable bonds is 1. The molecular weight excluding hydrogens is 152 g/mol. The number of allylic oxidation sites excluding steroid dienone is 1. The molecular formula is C10H16O2. The molecule has 12 heavy (non-hydrogen) atoms. The van der Waals surface area contributed by atoms with Crippen molar-refractivity contribution in [3.63, 3.8) is 0 Å². The Morgan fingerprint density at radius 1 is 1.58 bits per heavy atom. The summed E-state index contributed by atoms with van der Waals surface area (Å²) in [5, 5.41) is 9.73. The summed E-state index contributed by atoms with van der Waals surface area (Å²) < 4.78 is 5.47. The van der Waals surface area contributed by atoms with Crippen LogP contribution in [0.5, 0.6) is 0 Å². The zero-order valence-corrected chi connectivity index (χ0v) is 7.71. The van der Waals surface area contributed by atoms with Gasteiger partial charge >= 0.3 is 0 Å². The molecule has 1 aliphatic heterocycles. The molecule has 1 saturated heterocycles. The Hall–Kier alpha value is -0.340. The minimum Gasteiger partial charge on any atom is -0.390 e. The van der Waals surface area contributed by atoms with Gasteiger partial charge in [0.15, 0.2) is 0 Å². The molecule has 0 amide bonds. The van der Waals surface area contributed by atoms with Gasteiger partial charge in [0.2, 0.25) is 0 Å². The monoisotopic (exact) mass is 168 g/mol. The summed E-state index contributed by atoms with van der Waals surface area (Å²) in [5.41, 5.74) is 0.956. The SMILES string of the molecule is C=C(C)[C@H]1C[C@H](O)[C@@]2(C)O[C@@H]2C1. The van der Waals surface area contributed by atoms with Crippen molar-refractivity contribution in [2.24, 2.45) is 5.92 Å². The first kappa shape index (κ1) is 8.27. The van der Waals surface area contributed by atoms with E-state index in [0.717, 1.165) is 12.8 Å². The van der Waals surface area contributed by atoms with Crippen LogP contribution < -0.4 is 0 Å². The molecule has 0 bridgehead atoms. The average molecular weight is 168 g/mol. The van der Waals surface area contributed by atoms with Crippen molar-refractivity contribution in [3.05, 3.63) is 12.2 Å². The lowest BCUT2D eigenvalue weighted by Crippen LogP contribution is -2.36. The van der Waals surface area contributed by atoms with Crippen molar-refractivity contribution in [2.75, 3.05) is 0 Å². The minimum absolute atomic E-state index is 0.216. The van der Waals surface area contributed by atoms with Crippen LogP contribution in [0, 0.1) is 5.92 Å². The van der Waals surface area contributed by atoms with Crippen molar-refractivity contribution >= 4 is 0 Å². The van der Waals surface area contributed by atoms with Crippen LogP contribution in [-0.4, -0.2) is 22.9 Å². The maximum Gasteiger partial charge on any atom is 0.118 e. The fourth-order valence-electron chi connectivity index (χ4n) is 2.11. The predicted molar refractivity (Wildman–Crippen MR) is 46.8 cm³/mol. The molecule has 4 atom stereocenters. The van der Waals surface area contributed by atoms with E-state index in [-0.39, 0.29) is 17.8 Å². The zero-order valence-electron chi connectivity index (χ0n) is 7.71. The second kappa shape index (κ2) is 2.33. The highest BCUT2D eigenvalue weighted by Gasteiger charge is 2.60. The lowest BCUT2D eigenvalue weighted by Gasteiger charge is -2.27. The number of hydrogen-bond acceptors (Lipinski definition) is 2. The van der Waals surface area contributed by atoms with Crippen LogP contribution in [0.25, 0.3) is 0 Å². The van der Waals surface area contributed by atoms with Gasteiger partial charge in [0.1, 0.15) is 5.60 Å². The van der Waals surface area contributed by atoms with E-state index in [4.69, 9.17) is 4.74 Å². The Kier molecular flexibility index (Phi) is 1.61. The Balaban J connectivity index is 2.06. The summed E-state index contributed by atoms with van der Waals surface area (Å²) in [6.45, 7) is 7.95.